The molecule has 2 aliphatic rings. The molecule has 0 radical (unpaired) electrons. The molecule has 6 aromatic rings. The van der Waals surface area contributed by atoms with Gasteiger partial charge in [-0.05, 0) is 149 Å². The van der Waals surface area contributed by atoms with Crippen molar-refractivity contribution in [3.63, 3.8) is 0 Å². The fourth-order valence-corrected chi connectivity index (χ4v) is 10.3. The Bertz CT molecular complexity index is 2170. The van der Waals surface area contributed by atoms with E-state index < -0.39 is 5.92 Å². The van der Waals surface area contributed by atoms with Gasteiger partial charge in [0, 0.05) is 46.7 Å². The number of piperidine rings is 2. The van der Waals surface area contributed by atoms with Crippen LogP contribution >= 0.6 is 22.7 Å². The SMILES string of the molecule is CCC1CNCCC1CCCOc1cccc(C(C(=O)N(c2nc(-c3ccncc3)cs2)c2nc(-c3ccncc3)cs2)c2cccc(OCCCC3CCNCC3)c2)c1. The van der Waals surface area contributed by atoms with Crippen LogP contribution in [0.1, 0.15) is 75.3 Å². The third-order valence-corrected chi connectivity index (χ3v) is 13.6. The van der Waals surface area contributed by atoms with Gasteiger partial charge < -0.3 is 20.1 Å². The van der Waals surface area contributed by atoms with Crippen molar-refractivity contribution in [2.75, 3.05) is 44.3 Å². The molecule has 8 rings (SSSR count). The molecule has 6 heterocycles. The predicted octanol–water partition coefficient (Wildman–Crippen LogP) is 10.2. The molecule has 3 atom stereocenters. The van der Waals surface area contributed by atoms with E-state index in [0.717, 1.165) is 115 Å². The first kappa shape index (κ1) is 41.7. The van der Waals surface area contributed by atoms with Crippen LogP contribution in [0, 0.1) is 17.8 Å². The lowest BCUT2D eigenvalue weighted by atomic mass is 9.82. The predicted molar refractivity (Wildman–Crippen MR) is 242 cm³/mol. The van der Waals surface area contributed by atoms with Crippen molar-refractivity contribution < 1.29 is 14.3 Å². The van der Waals surface area contributed by atoms with Crippen LogP contribution in [0.4, 0.5) is 10.3 Å². The molecule has 0 spiro atoms. The lowest BCUT2D eigenvalue weighted by Gasteiger charge is -2.31. The molecule has 1 amide bonds. The molecule has 4 aromatic heterocycles. The van der Waals surface area contributed by atoms with Gasteiger partial charge >= 0.3 is 0 Å². The average Bonchev–Trinajstić information content (AvgIpc) is 4.00. The Balaban J connectivity index is 1.10. The number of amides is 1. The molecule has 2 fully saturated rings. The Morgan fingerprint density at radius 1 is 0.717 bits per heavy atom. The van der Waals surface area contributed by atoms with Crippen molar-refractivity contribution in [3.8, 4) is 34.0 Å². The molecule has 0 saturated carbocycles. The van der Waals surface area contributed by atoms with Gasteiger partial charge in [-0.15, -0.1) is 22.7 Å². The maximum atomic E-state index is 15.6. The zero-order valence-corrected chi connectivity index (χ0v) is 36.0. The second kappa shape index (κ2) is 21.0. The molecule has 0 aliphatic carbocycles. The van der Waals surface area contributed by atoms with Crippen LogP contribution in [-0.4, -0.2) is 65.2 Å². The van der Waals surface area contributed by atoms with Crippen molar-refractivity contribution in [3.05, 3.63) is 119 Å². The van der Waals surface area contributed by atoms with E-state index >= 15 is 4.79 Å². The van der Waals surface area contributed by atoms with Gasteiger partial charge in [0.15, 0.2) is 10.3 Å². The summed E-state index contributed by atoms with van der Waals surface area (Å²) >= 11 is 2.84. The number of pyridine rings is 2. The highest BCUT2D eigenvalue weighted by molar-refractivity contribution is 7.16. The maximum absolute atomic E-state index is 15.6. The Hall–Kier alpha value is -5.01. The molecule has 2 N–H and O–H groups in total. The topological polar surface area (TPSA) is 114 Å². The van der Waals surface area contributed by atoms with Gasteiger partial charge in [-0.1, -0.05) is 37.6 Å². The van der Waals surface area contributed by atoms with Crippen LogP contribution in [0.2, 0.25) is 0 Å². The summed E-state index contributed by atoms with van der Waals surface area (Å²) in [6, 6.07) is 23.8. The molecule has 12 heteroatoms. The fraction of sp³-hybridized carbons (Fsp3) is 0.396. The lowest BCUT2D eigenvalue weighted by molar-refractivity contribution is -0.118. The number of hydrogen-bond donors (Lipinski definition) is 2. The first-order chi connectivity index (χ1) is 29.6. The second-order valence-electron chi connectivity index (χ2n) is 15.9. The fourth-order valence-electron chi connectivity index (χ4n) is 8.59. The van der Waals surface area contributed by atoms with Gasteiger partial charge in [0.2, 0.25) is 5.91 Å². The molecule has 3 unspecified atom stereocenters. The molecule has 0 bridgehead atoms. The summed E-state index contributed by atoms with van der Waals surface area (Å²) in [6.07, 6.45) is 16.2. The highest BCUT2D eigenvalue weighted by Crippen LogP contribution is 2.40. The number of aromatic nitrogens is 4. The number of thiazole rings is 2. The lowest BCUT2D eigenvalue weighted by Crippen LogP contribution is -2.36. The van der Waals surface area contributed by atoms with E-state index in [1.165, 1.54) is 48.4 Å². The van der Waals surface area contributed by atoms with Crippen molar-refractivity contribution in [1.29, 1.82) is 0 Å². The van der Waals surface area contributed by atoms with Gasteiger partial charge in [0.05, 0.1) is 30.5 Å². The van der Waals surface area contributed by atoms with Crippen LogP contribution in [-0.2, 0) is 4.79 Å². The minimum atomic E-state index is -0.714. The summed E-state index contributed by atoms with van der Waals surface area (Å²) in [5.74, 6) is 2.82. The summed E-state index contributed by atoms with van der Waals surface area (Å²) in [7, 11) is 0. The molecule has 2 saturated heterocycles. The largest absolute Gasteiger partial charge is 0.494 e. The number of anilines is 2. The van der Waals surface area contributed by atoms with E-state index in [0.29, 0.717) is 23.5 Å². The number of carbonyl (C=O) groups is 1. The van der Waals surface area contributed by atoms with Crippen molar-refractivity contribution in [2.45, 2.75) is 64.2 Å². The van der Waals surface area contributed by atoms with Crippen LogP contribution in [0.15, 0.2) is 108 Å². The first-order valence-electron chi connectivity index (χ1n) is 21.6. The van der Waals surface area contributed by atoms with E-state index in [1.54, 1.807) is 29.7 Å². The summed E-state index contributed by atoms with van der Waals surface area (Å²) < 4.78 is 12.8. The zero-order chi connectivity index (χ0) is 40.9. The molecule has 2 aliphatic heterocycles. The van der Waals surface area contributed by atoms with E-state index in [4.69, 9.17) is 19.4 Å². The minimum Gasteiger partial charge on any atom is -0.494 e. The highest BCUT2D eigenvalue weighted by Gasteiger charge is 2.34. The molecular weight excluding hydrogens is 787 g/mol. The molecule has 312 valence electrons. The monoisotopic (exact) mass is 841 g/mol. The van der Waals surface area contributed by atoms with Gasteiger partial charge in [-0.2, -0.15) is 0 Å². The van der Waals surface area contributed by atoms with Crippen LogP contribution < -0.4 is 25.0 Å². The maximum Gasteiger partial charge on any atom is 0.247 e. The molecular formula is C48H55N7O3S2. The molecule has 2 aromatic carbocycles. The number of ether oxygens (including phenoxy) is 2. The Kier molecular flexibility index (Phi) is 14.6. The van der Waals surface area contributed by atoms with Crippen LogP contribution in [0.5, 0.6) is 11.5 Å². The summed E-state index contributed by atoms with van der Waals surface area (Å²) in [4.78, 5) is 35.8. The van der Waals surface area contributed by atoms with Crippen molar-refractivity contribution >= 4 is 38.8 Å². The normalized spacial score (nSPS) is 17.6. The smallest absolute Gasteiger partial charge is 0.247 e. The quantitative estimate of drug-likeness (QED) is 0.0817. The van der Waals surface area contributed by atoms with E-state index in [-0.39, 0.29) is 5.91 Å². The number of nitrogens with one attached hydrogen (secondary N) is 2. The number of hydrogen-bond acceptors (Lipinski definition) is 11. The first-order valence-corrected chi connectivity index (χ1v) is 23.3. The third kappa shape index (κ3) is 10.6. The number of rotatable bonds is 18. The van der Waals surface area contributed by atoms with Crippen LogP contribution in [0.25, 0.3) is 22.5 Å². The zero-order valence-electron chi connectivity index (χ0n) is 34.4. The van der Waals surface area contributed by atoms with E-state index in [9.17, 15) is 0 Å². The van der Waals surface area contributed by atoms with Gasteiger partial charge in [-0.3, -0.25) is 14.8 Å². The van der Waals surface area contributed by atoms with E-state index in [2.05, 4.69) is 27.5 Å². The molecule has 10 nitrogen and oxygen atoms in total. The average molecular weight is 842 g/mol. The minimum absolute atomic E-state index is 0.169. The van der Waals surface area contributed by atoms with Gasteiger partial charge in [0.25, 0.3) is 0 Å². The number of benzene rings is 2. The Morgan fingerprint density at radius 2 is 1.27 bits per heavy atom. The van der Waals surface area contributed by atoms with E-state index in [1.807, 2.05) is 83.6 Å². The molecule has 60 heavy (non-hydrogen) atoms. The number of nitrogens with zero attached hydrogens (tertiary/aromatic N) is 5. The Morgan fingerprint density at radius 3 is 1.83 bits per heavy atom. The number of carbonyl (C=O) groups excluding carboxylic acids is 1. The second-order valence-corrected chi connectivity index (χ2v) is 17.5. The summed E-state index contributed by atoms with van der Waals surface area (Å²) in [5, 5.41) is 12.1. The van der Waals surface area contributed by atoms with Crippen molar-refractivity contribution in [1.82, 2.24) is 30.6 Å². The van der Waals surface area contributed by atoms with Crippen LogP contribution in [0.3, 0.4) is 0 Å². The third-order valence-electron chi connectivity index (χ3n) is 11.9. The highest BCUT2D eigenvalue weighted by atomic mass is 32.1. The summed E-state index contributed by atoms with van der Waals surface area (Å²) in [6.45, 7) is 7.96. The van der Waals surface area contributed by atoms with Gasteiger partial charge in [0.1, 0.15) is 11.5 Å². The standard InChI is InChI=1S/C48H55N7O3S2/c1-2-35-31-52-26-15-36(35)10-6-28-58-42-12-4-9-40(30-42)45(39-8-3-11-41(29-39)57-27-5-7-34-13-20-49-21-14-34)46(56)55(47-53-43(32-59-47)37-16-22-50-23-17-37)48-54-44(33-60-48)38-18-24-51-25-19-38/h3-4,8-9,11-12,16-19,22-25,29-30,32-36,45,49,52H,2,5-7,10,13-15,20-21,26-28,31H2,1H3. The van der Waals surface area contributed by atoms with Gasteiger partial charge in [-0.25, -0.2) is 14.9 Å². The van der Waals surface area contributed by atoms with Crippen molar-refractivity contribution in [2.24, 2.45) is 17.8 Å². The Labute approximate surface area is 361 Å². The summed E-state index contributed by atoms with van der Waals surface area (Å²) in [5.41, 5.74) is 5.03.